The highest BCUT2D eigenvalue weighted by molar-refractivity contribution is 5.79. The maximum atomic E-state index is 12.3. The standard InChI is InChI=1S/C14H21NO3/c1-10-6-8-15(9-7-10)13(16)11-2-4-12(5-3-11)14(17)18/h6,11-12H,2-5,7-9H2,1H3,(H,17,18). The van der Waals surface area contributed by atoms with Gasteiger partial charge in [-0.3, -0.25) is 9.59 Å². The molecular weight excluding hydrogens is 230 g/mol. The number of rotatable bonds is 2. The molecule has 0 aromatic carbocycles. The lowest BCUT2D eigenvalue weighted by atomic mass is 9.81. The van der Waals surface area contributed by atoms with Crippen LogP contribution in [0, 0.1) is 11.8 Å². The smallest absolute Gasteiger partial charge is 0.306 e. The number of amides is 1. The van der Waals surface area contributed by atoms with Crippen molar-refractivity contribution in [1.82, 2.24) is 4.90 Å². The molecule has 2 aliphatic rings. The summed E-state index contributed by atoms with van der Waals surface area (Å²) in [5.74, 6) is -0.676. The molecule has 0 atom stereocenters. The van der Waals surface area contributed by atoms with Crippen molar-refractivity contribution in [3.8, 4) is 0 Å². The van der Waals surface area contributed by atoms with Gasteiger partial charge >= 0.3 is 5.97 Å². The largest absolute Gasteiger partial charge is 0.481 e. The van der Waals surface area contributed by atoms with E-state index in [0.717, 1.165) is 32.4 Å². The molecule has 4 heteroatoms. The summed E-state index contributed by atoms with van der Waals surface area (Å²) in [6, 6.07) is 0. The van der Waals surface area contributed by atoms with Crippen LogP contribution < -0.4 is 0 Å². The van der Waals surface area contributed by atoms with Crippen molar-refractivity contribution in [2.24, 2.45) is 11.8 Å². The number of carbonyl (C=O) groups is 2. The zero-order valence-electron chi connectivity index (χ0n) is 10.9. The molecule has 1 N–H and O–H groups in total. The van der Waals surface area contributed by atoms with Gasteiger partial charge in [0, 0.05) is 19.0 Å². The Labute approximate surface area is 108 Å². The molecule has 0 aromatic heterocycles. The molecule has 18 heavy (non-hydrogen) atoms. The Kier molecular flexibility index (Phi) is 4.04. The zero-order valence-corrected chi connectivity index (χ0v) is 10.9. The number of carboxylic acids is 1. The van der Waals surface area contributed by atoms with Crippen molar-refractivity contribution >= 4 is 11.9 Å². The van der Waals surface area contributed by atoms with E-state index in [1.54, 1.807) is 0 Å². The van der Waals surface area contributed by atoms with Crippen LogP contribution in [0.25, 0.3) is 0 Å². The first-order chi connectivity index (χ1) is 8.58. The molecule has 0 aromatic rings. The Morgan fingerprint density at radius 1 is 1.22 bits per heavy atom. The minimum atomic E-state index is -0.711. The van der Waals surface area contributed by atoms with E-state index in [-0.39, 0.29) is 17.7 Å². The van der Waals surface area contributed by atoms with Gasteiger partial charge in [0.15, 0.2) is 0 Å². The summed E-state index contributed by atoms with van der Waals surface area (Å²) in [6.07, 6.45) is 5.84. The molecule has 1 saturated carbocycles. The minimum absolute atomic E-state index is 0.0485. The summed E-state index contributed by atoms with van der Waals surface area (Å²) in [4.78, 5) is 25.1. The van der Waals surface area contributed by atoms with Crippen molar-refractivity contribution in [3.05, 3.63) is 11.6 Å². The van der Waals surface area contributed by atoms with E-state index in [9.17, 15) is 9.59 Å². The van der Waals surface area contributed by atoms with Gasteiger partial charge in [0.25, 0.3) is 0 Å². The van der Waals surface area contributed by atoms with Crippen LogP contribution in [0.1, 0.15) is 39.0 Å². The normalized spacial score (nSPS) is 28.7. The molecule has 0 bridgehead atoms. The Morgan fingerprint density at radius 2 is 1.83 bits per heavy atom. The van der Waals surface area contributed by atoms with Gasteiger partial charge in [0.2, 0.25) is 5.91 Å². The minimum Gasteiger partial charge on any atom is -0.481 e. The number of hydrogen-bond acceptors (Lipinski definition) is 2. The average molecular weight is 251 g/mol. The topological polar surface area (TPSA) is 57.6 Å². The Balaban J connectivity index is 1.86. The highest BCUT2D eigenvalue weighted by atomic mass is 16.4. The quantitative estimate of drug-likeness (QED) is 0.764. The monoisotopic (exact) mass is 251 g/mol. The third kappa shape index (κ3) is 2.92. The van der Waals surface area contributed by atoms with Gasteiger partial charge in [-0.05, 0) is 39.0 Å². The predicted molar refractivity (Wildman–Crippen MR) is 68.0 cm³/mol. The van der Waals surface area contributed by atoms with E-state index < -0.39 is 5.97 Å². The second kappa shape index (κ2) is 5.55. The summed E-state index contributed by atoms with van der Waals surface area (Å²) in [5.41, 5.74) is 1.36. The van der Waals surface area contributed by atoms with Crippen LogP contribution in [0.3, 0.4) is 0 Å². The SMILES string of the molecule is CC1=CCN(C(=O)C2CCC(C(=O)O)CC2)CC1. The second-order valence-corrected chi connectivity index (χ2v) is 5.47. The first-order valence-electron chi connectivity index (χ1n) is 6.75. The van der Waals surface area contributed by atoms with E-state index in [2.05, 4.69) is 13.0 Å². The van der Waals surface area contributed by atoms with Gasteiger partial charge in [-0.25, -0.2) is 0 Å². The maximum absolute atomic E-state index is 12.3. The van der Waals surface area contributed by atoms with Crippen LogP contribution in [0.5, 0.6) is 0 Å². The van der Waals surface area contributed by atoms with Crippen molar-refractivity contribution in [2.75, 3.05) is 13.1 Å². The van der Waals surface area contributed by atoms with Gasteiger partial charge in [-0.2, -0.15) is 0 Å². The second-order valence-electron chi connectivity index (χ2n) is 5.47. The number of nitrogens with zero attached hydrogens (tertiary/aromatic N) is 1. The fourth-order valence-corrected chi connectivity index (χ4v) is 2.82. The molecule has 1 fully saturated rings. The average Bonchev–Trinajstić information content (AvgIpc) is 2.39. The molecule has 0 spiro atoms. The van der Waals surface area contributed by atoms with Crippen LogP contribution in [0.2, 0.25) is 0 Å². The Hall–Kier alpha value is -1.32. The lowest BCUT2D eigenvalue weighted by molar-refractivity contribution is -0.145. The predicted octanol–water partition coefficient (Wildman–Crippen LogP) is 2.06. The molecule has 4 nitrogen and oxygen atoms in total. The van der Waals surface area contributed by atoms with Crippen molar-refractivity contribution in [3.63, 3.8) is 0 Å². The summed E-state index contributed by atoms with van der Waals surface area (Å²) in [6.45, 7) is 3.64. The van der Waals surface area contributed by atoms with Crippen LogP contribution in [0.15, 0.2) is 11.6 Å². The third-order valence-electron chi connectivity index (χ3n) is 4.17. The molecule has 1 amide bonds. The maximum Gasteiger partial charge on any atom is 0.306 e. The summed E-state index contributed by atoms with van der Waals surface area (Å²) < 4.78 is 0. The van der Waals surface area contributed by atoms with Gasteiger partial charge in [-0.1, -0.05) is 11.6 Å². The molecule has 0 unspecified atom stereocenters. The molecule has 100 valence electrons. The molecular formula is C14H21NO3. The highest BCUT2D eigenvalue weighted by Gasteiger charge is 2.32. The fourth-order valence-electron chi connectivity index (χ4n) is 2.82. The highest BCUT2D eigenvalue weighted by Crippen LogP contribution is 2.30. The van der Waals surface area contributed by atoms with E-state index in [0.29, 0.717) is 12.8 Å². The first-order valence-corrected chi connectivity index (χ1v) is 6.75. The lowest BCUT2D eigenvalue weighted by Crippen LogP contribution is -2.40. The van der Waals surface area contributed by atoms with Crippen molar-refractivity contribution in [1.29, 1.82) is 0 Å². The first kappa shape index (κ1) is 13.1. The zero-order chi connectivity index (χ0) is 13.1. The number of aliphatic carboxylic acids is 1. The van der Waals surface area contributed by atoms with Gasteiger partial charge in [0.05, 0.1) is 5.92 Å². The van der Waals surface area contributed by atoms with E-state index in [4.69, 9.17) is 5.11 Å². The Bertz CT molecular complexity index is 367. The Morgan fingerprint density at radius 3 is 2.33 bits per heavy atom. The fraction of sp³-hybridized carbons (Fsp3) is 0.714. The summed E-state index contributed by atoms with van der Waals surface area (Å²) in [5, 5.41) is 8.94. The molecule has 2 rings (SSSR count). The van der Waals surface area contributed by atoms with Crippen LogP contribution in [0.4, 0.5) is 0 Å². The summed E-state index contributed by atoms with van der Waals surface area (Å²) >= 11 is 0. The molecule has 1 heterocycles. The van der Waals surface area contributed by atoms with E-state index >= 15 is 0 Å². The molecule has 0 radical (unpaired) electrons. The molecule has 1 aliphatic carbocycles. The van der Waals surface area contributed by atoms with Crippen LogP contribution in [-0.2, 0) is 9.59 Å². The van der Waals surface area contributed by atoms with Gasteiger partial charge in [0.1, 0.15) is 0 Å². The van der Waals surface area contributed by atoms with E-state index in [1.807, 2.05) is 4.90 Å². The lowest BCUT2D eigenvalue weighted by Gasteiger charge is -2.32. The van der Waals surface area contributed by atoms with Crippen molar-refractivity contribution in [2.45, 2.75) is 39.0 Å². The van der Waals surface area contributed by atoms with Gasteiger partial charge in [-0.15, -0.1) is 0 Å². The van der Waals surface area contributed by atoms with Gasteiger partial charge < -0.3 is 10.0 Å². The van der Waals surface area contributed by atoms with Crippen molar-refractivity contribution < 1.29 is 14.7 Å². The summed E-state index contributed by atoms with van der Waals surface area (Å²) in [7, 11) is 0. The molecule has 0 saturated heterocycles. The van der Waals surface area contributed by atoms with E-state index in [1.165, 1.54) is 5.57 Å². The number of carboxylic acid groups (broad SMARTS) is 1. The number of carbonyl (C=O) groups excluding carboxylic acids is 1. The van der Waals surface area contributed by atoms with Crippen LogP contribution >= 0.6 is 0 Å². The van der Waals surface area contributed by atoms with Crippen LogP contribution in [-0.4, -0.2) is 35.0 Å². The molecule has 1 aliphatic heterocycles. The third-order valence-corrected chi connectivity index (χ3v) is 4.17. The number of hydrogen-bond donors (Lipinski definition) is 1.